The fourth-order valence-corrected chi connectivity index (χ4v) is 2.21. The highest BCUT2D eigenvalue weighted by atomic mass is 35.5. The number of nitrogens with one attached hydrogen (secondary N) is 1. The summed E-state index contributed by atoms with van der Waals surface area (Å²) >= 11 is 5.98. The number of rotatable bonds is 5. The quantitative estimate of drug-likeness (QED) is 0.855. The highest BCUT2D eigenvalue weighted by Gasteiger charge is 2.27. The minimum Gasteiger partial charge on any atom is -0.508 e. The highest BCUT2D eigenvalue weighted by molar-refractivity contribution is 6.33. The van der Waals surface area contributed by atoms with Crippen LogP contribution in [0.4, 0.5) is 0 Å². The van der Waals surface area contributed by atoms with Crippen LogP contribution in [0.15, 0.2) is 18.2 Å². The van der Waals surface area contributed by atoms with Crippen molar-refractivity contribution in [2.24, 2.45) is 0 Å². The van der Waals surface area contributed by atoms with Crippen LogP contribution in [-0.2, 0) is 0 Å². The molecule has 100 valence electrons. The Balaban J connectivity index is 2.97. The van der Waals surface area contributed by atoms with E-state index in [-0.39, 0.29) is 17.2 Å². The maximum Gasteiger partial charge on any atom is 0.253 e. The van der Waals surface area contributed by atoms with Crippen LogP contribution in [0.1, 0.15) is 50.4 Å². The van der Waals surface area contributed by atoms with Crippen molar-refractivity contribution in [2.45, 2.75) is 45.6 Å². The predicted molar refractivity (Wildman–Crippen MR) is 74.2 cm³/mol. The van der Waals surface area contributed by atoms with E-state index in [1.54, 1.807) is 0 Å². The fraction of sp³-hybridized carbons (Fsp3) is 0.500. The molecule has 0 spiro atoms. The Morgan fingerprint density at radius 3 is 2.33 bits per heavy atom. The molecule has 1 aromatic rings. The van der Waals surface area contributed by atoms with Crippen LogP contribution in [0.2, 0.25) is 5.02 Å². The van der Waals surface area contributed by atoms with Crippen molar-refractivity contribution in [3.8, 4) is 5.75 Å². The average Bonchev–Trinajstić information content (AvgIpc) is 2.38. The summed E-state index contributed by atoms with van der Waals surface area (Å²) < 4.78 is 0. The Morgan fingerprint density at radius 2 is 1.83 bits per heavy atom. The molecule has 0 aliphatic rings. The average molecular weight is 270 g/mol. The molecule has 3 nitrogen and oxygen atoms in total. The van der Waals surface area contributed by atoms with E-state index >= 15 is 0 Å². The number of benzene rings is 1. The summed E-state index contributed by atoms with van der Waals surface area (Å²) in [4.78, 5) is 12.2. The van der Waals surface area contributed by atoms with Gasteiger partial charge in [0.05, 0.1) is 10.6 Å². The molecule has 18 heavy (non-hydrogen) atoms. The molecule has 0 aliphatic heterocycles. The van der Waals surface area contributed by atoms with Crippen LogP contribution >= 0.6 is 11.6 Å². The summed E-state index contributed by atoms with van der Waals surface area (Å²) in [5.74, 6) is -0.193. The van der Waals surface area contributed by atoms with Gasteiger partial charge in [0, 0.05) is 5.54 Å². The molecule has 1 rings (SSSR count). The van der Waals surface area contributed by atoms with E-state index < -0.39 is 0 Å². The molecule has 1 aromatic carbocycles. The zero-order chi connectivity index (χ0) is 13.8. The van der Waals surface area contributed by atoms with Crippen molar-refractivity contribution < 1.29 is 9.90 Å². The smallest absolute Gasteiger partial charge is 0.253 e. The van der Waals surface area contributed by atoms with Crippen LogP contribution in [0.5, 0.6) is 5.75 Å². The lowest BCUT2D eigenvalue weighted by atomic mass is 9.89. The lowest BCUT2D eigenvalue weighted by Crippen LogP contribution is -2.47. The van der Waals surface area contributed by atoms with Crippen LogP contribution in [0.25, 0.3) is 0 Å². The van der Waals surface area contributed by atoms with Gasteiger partial charge in [-0.3, -0.25) is 4.79 Å². The van der Waals surface area contributed by atoms with Crippen molar-refractivity contribution >= 4 is 17.5 Å². The largest absolute Gasteiger partial charge is 0.508 e. The van der Waals surface area contributed by atoms with Gasteiger partial charge in [0.1, 0.15) is 5.75 Å². The molecule has 0 heterocycles. The van der Waals surface area contributed by atoms with Gasteiger partial charge in [-0.15, -0.1) is 0 Å². The standard InChI is InChI=1S/C14H20ClNO2/c1-4-14(5-2,6-3)16-13(18)11-9-10(17)7-8-12(11)15/h7-9,17H,4-6H2,1-3H3,(H,16,18). The van der Waals surface area contributed by atoms with Crippen LogP contribution in [0, 0.1) is 0 Å². The van der Waals surface area contributed by atoms with Crippen LogP contribution in [0.3, 0.4) is 0 Å². The zero-order valence-electron chi connectivity index (χ0n) is 11.1. The van der Waals surface area contributed by atoms with Crippen LogP contribution in [-0.4, -0.2) is 16.6 Å². The molecule has 0 bridgehead atoms. The molecule has 2 N–H and O–H groups in total. The van der Waals surface area contributed by atoms with E-state index in [2.05, 4.69) is 26.1 Å². The molecule has 0 saturated carbocycles. The summed E-state index contributed by atoms with van der Waals surface area (Å²) in [5.41, 5.74) is 0.114. The minimum atomic E-state index is -0.235. The highest BCUT2D eigenvalue weighted by Crippen LogP contribution is 2.24. The van der Waals surface area contributed by atoms with Gasteiger partial charge in [-0.2, -0.15) is 0 Å². The molecule has 0 fully saturated rings. The van der Waals surface area contributed by atoms with Crippen LogP contribution < -0.4 is 5.32 Å². The molecule has 0 aromatic heterocycles. The van der Waals surface area contributed by atoms with Gasteiger partial charge in [0.15, 0.2) is 0 Å². The lowest BCUT2D eigenvalue weighted by molar-refractivity contribution is 0.0888. The first-order chi connectivity index (χ1) is 8.48. The molecular weight excluding hydrogens is 250 g/mol. The first-order valence-electron chi connectivity index (χ1n) is 6.29. The Bertz CT molecular complexity index is 420. The second kappa shape index (κ2) is 6.10. The van der Waals surface area contributed by atoms with Gasteiger partial charge in [-0.25, -0.2) is 0 Å². The normalized spacial score (nSPS) is 11.3. The summed E-state index contributed by atoms with van der Waals surface area (Å²) in [6, 6.07) is 4.38. The van der Waals surface area contributed by atoms with Crippen molar-refractivity contribution in [2.75, 3.05) is 0 Å². The number of carbonyl (C=O) groups excluding carboxylic acids is 1. The van der Waals surface area contributed by atoms with Crippen molar-refractivity contribution in [1.29, 1.82) is 0 Å². The molecular formula is C14H20ClNO2. The molecule has 0 aliphatic carbocycles. The second-order valence-corrected chi connectivity index (χ2v) is 4.87. The molecule has 0 saturated heterocycles. The number of halogens is 1. The lowest BCUT2D eigenvalue weighted by Gasteiger charge is -2.32. The monoisotopic (exact) mass is 269 g/mol. The summed E-state index contributed by atoms with van der Waals surface area (Å²) in [7, 11) is 0. The third-order valence-electron chi connectivity index (χ3n) is 3.60. The summed E-state index contributed by atoms with van der Waals surface area (Å²) in [6.45, 7) is 6.16. The zero-order valence-corrected chi connectivity index (χ0v) is 11.8. The van der Waals surface area contributed by atoms with E-state index in [1.807, 2.05) is 0 Å². The molecule has 0 atom stereocenters. The molecule has 0 unspecified atom stereocenters. The van der Waals surface area contributed by atoms with Crippen molar-refractivity contribution in [1.82, 2.24) is 5.32 Å². The van der Waals surface area contributed by atoms with Gasteiger partial charge >= 0.3 is 0 Å². The Hall–Kier alpha value is -1.22. The summed E-state index contributed by atoms with van der Waals surface area (Å²) in [6.07, 6.45) is 2.59. The number of phenolic OH excluding ortho intramolecular Hbond substituents is 1. The maximum absolute atomic E-state index is 12.2. The maximum atomic E-state index is 12.2. The number of carbonyl (C=O) groups is 1. The Labute approximate surface area is 113 Å². The molecule has 1 amide bonds. The van der Waals surface area contributed by atoms with Gasteiger partial charge in [-0.05, 0) is 37.5 Å². The Morgan fingerprint density at radius 1 is 1.28 bits per heavy atom. The first-order valence-corrected chi connectivity index (χ1v) is 6.66. The van der Waals surface area contributed by atoms with Crippen molar-refractivity contribution in [3.63, 3.8) is 0 Å². The Kier molecular flexibility index (Phi) is 5.03. The topological polar surface area (TPSA) is 49.3 Å². The van der Waals surface area contributed by atoms with E-state index in [0.717, 1.165) is 19.3 Å². The second-order valence-electron chi connectivity index (χ2n) is 4.46. The number of hydrogen-bond acceptors (Lipinski definition) is 2. The first kappa shape index (κ1) is 14.8. The number of amides is 1. The van der Waals surface area contributed by atoms with Gasteiger partial charge in [-0.1, -0.05) is 32.4 Å². The van der Waals surface area contributed by atoms with E-state index in [4.69, 9.17) is 11.6 Å². The molecule has 4 heteroatoms. The van der Waals surface area contributed by atoms with E-state index in [1.165, 1.54) is 18.2 Å². The SMILES string of the molecule is CCC(CC)(CC)NC(=O)c1cc(O)ccc1Cl. The number of aromatic hydroxyl groups is 1. The van der Waals surface area contributed by atoms with E-state index in [9.17, 15) is 9.90 Å². The number of phenols is 1. The summed E-state index contributed by atoms with van der Waals surface area (Å²) in [5, 5.41) is 12.8. The third kappa shape index (κ3) is 3.16. The van der Waals surface area contributed by atoms with Gasteiger partial charge in [0.25, 0.3) is 5.91 Å². The van der Waals surface area contributed by atoms with E-state index in [0.29, 0.717) is 10.6 Å². The van der Waals surface area contributed by atoms with Gasteiger partial charge < -0.3 is 10.4 Å². The fourth-order valence-electron chi connectivity index (χ4n) is 2.01. The molecule has 0 radical (unpaired) electrons. The third-order valence-corrected chi connectivity index (χ3v) is 3.93. The van der Waals surface area contributed by atoms with Gasteiger partial charge in [0.2, 0.25) is 0 Å². The predicted octanol–water partition coefficient (Wildman–Crippen LogP) is 3.74. The minimum absolute atomic E-state index is 0.0413. The number of hydrogen-bond donors (Lipinski definition) is 2. The van der Waals surface area contributed by atoms with Crippen molar-refractivity contribution in [3.05, 3.63) is 28.8 Å².